The van der Waals surface area contributed by atoms with Gasteiger partial charge in [-0.05, 0) is 11.7 Å². The van der Waals surface area contributed by atoms with Gasteiger partial charge in [0.15, 0.2) is 0 Å². The van der Waals surface area contributed by atoms with Gasteiger partial charge in [0.2, 0.25) is 0 Å². The van der Waals surface area contributed by atoms with Crippen molar-refractivity contribution in [3.8, 4) is 0 Å². The zero-order chi connectivity index (χ0) is 9.68. The summed E-state index contributed by atoms with van der Waals surface area (Å²) >= 11 is 3.54. The highest BCUT2D eigenvalue weighted by Crippen LogP contribution is 2.18. The number of rotatable bonds is 5. The van der Waals surface area contributed by atoms with Crippen molar-refractivity contribution in [1.29, 1.82) is 0 Å². The van der Waals surface area contributed by atoms with E-state index >= 15 is 0 Å². The summed E-state index contributed by atoms with van der Waals surface area (Å²) in [6, 6.07) is 0. The van der Waals surface area contributed by atoms with E-state index in [9.17, 15) is 0 Å². The molecule has 1 aromatic rings. The molecule has 0 atom stereocenters. The topological polar surface area (TPSA) is 33.1 Å². The first-order valence-electron chi connectivity index (χ1n) is 4.34. The molecule has 0 saturated carbocycles. The van der Waals surface area contributed by atoms with Crippen molar-refractivity contribution >= 4 is 23.1 Å². The minimum atomic E-state index is 0.0609. The predicted octanol–water partition coefficient (Wildman–Crippen LogP) is 2.52. The molecule has 0 fully saturated rings. The Morgan fingerprint density at radius 1 is 1.62 bits per heavy atom. The van der Waals surface area contributed by atoms with Gasteiger partial charge < -0.3 is 5.11 Å². The summed E-state index contributed by atoms with van der Waals surface area (Å²) in [5.41, 5.74) is 0.796. The van der Waals surface area contributed by atoms with Gasteiger partial charge in [-0.15, -0.1) is 11.3 Å². The van der Waals surface area contributed by atoms with Gasteiger partial charge in [0.1, 0.15) is 5.01 Å². The second kappa shape index (κ2) is 5.62. The lowest BCUT2D eigenvalue weighted by molar-refractivity contribution is 0.277. The van der Waals surface area contributed by atoms with Crippen LogP contribution in [-0.4, -0.2) is 15.8 Å². The lowest BCUT2D eigenvalue weighted by atomic mass is 10.3. The van der Waals surface area contributed by atoms with Crippen LogP contribution >= 0.6 is 23.1 Å². The Morgan fingerprint density at radius 3 is 2.92 bits per heavy atom. The molecule has 0 radical (unpaired) electrons. The third-order valence-electron chi connectivity index (χ3n) is 1.44. The largest absolute Gasteiger partial charge is 0.390 e. The van der Waals surface area contributed by atoms with Crippen molar-refractivity contribution in [2.45, 2.75) is 26.2 Å². The number of aliphatic hydroxyl groups excluding tert-OH is 1. The van der Waals surface area contributed by atoms with Crippen molar-refractivity contribution in [3.63, 3.8) is 0 Å². The minimum Gasteiger partial charge on any atom is -0.390 e. The average Bonchev–Trinajstić information content (AvgIpc) is 2.52. The van der Waals surface area contributed by atoms with Crippen LogP contribution < -0.4 is 0 Å². The lowest BCUT2D eigenvalue weighted by Gasteiger charge is -2.01. The number of nitrogens with zero attached hydrogens (tertiary/aromatic N) is 1. The van der Waals surface area contributed by atoms with Crippen LogP contribution in [0.1, 0.15) is 24.5 Å². The van der Waals surface area contributed by atoms with Gasteiger partial charge in [0.25, 0.3) is 0 Å². The number of aliphatic hydroxyl groups is 1. The highest BCUT2D eigenvalue weighted by Gasteiger charge is 2.01. The maximum Gasteiger partial charge on any atom is 0.103 e. The maximum atomic E-state index is 8.80. The Morgan fingerprint density at radius 2 is 2.38 bits per heavy atom. The molecule has 13 heavy (non-hydrogen) atoms. The summed E-state index contributed by atoms with van der Waals surface area (Å²) in [5, 5.41) is 11.8. The van der Waals surface area contributed by atoms with Crippen LogP contribution in [0.2, 0.25) is 0 Å². The SMILES string of the molecule is CC(C)CSCc1nc(CO)cs1. The van der Waals surface area contributed by atoms with E-state index in [1.54, 1.807) is 11.3 Å². The van der Waals surface area contributed by atoms with Crippen molar-refractivity contribution < 1.29 is 5.11 Å². The molecule has 74 valence electrons. The summed E-state index contributed by atoms with van der Waals surface area (Å²) in [4.78, 5) is 4.27. The molecule has 0 aliphatic carbocycles. The highest BCUT2D eigenvalue weighted by molar-refractivity contribution is 7.98. The summed E-state index contributed by atoms with van der Waals surface area (Å²) in [5.74, 6) is 2.89. The second-order valence-electron chi connectivity index (χ2n) is 3.30. The molecular formula is C9H15NOS2. The fourth-order valence-electron chi connectivity index (χ4n) is 0.870. The van der Waals surface area contributed by atoms with Crippen molar-refractivity contribution in [2.75, 3.05) is 5.75 Å². The van der Waals surface area contributed by atoms with Crippen LogP contribution in [0.5, 0.6) is 0 Å². The van der Waals surface area contributed by atoms with E-state index in [1.807, 2.05) is 17.1 Å². The van der Waals surface area contributed by atoms with Crippen LogP contribution in [-0.2, 0) is 12.4 Å². The van der Waals surface area contributed by atoms with Gasteiger partial charge in [-0.1, -0.05) is 13.8 Å². The number of hydrogen-bond donors (Lipinski definition) is 1. The zero-order valence-electron chi connectivity index (χ0n) is 7.99. The number of aromatic nitrogens is 1. The molecule has 0 aromatic carbocycles. The van der Waals surface area contributed by atoms with E-state index in [2.05, 4.69) is 18.8 Å². The Hall–Kier alpha value is -0.0600. The lowest BCUT2D eigenvalue weighted by Crippen LogP contribution is -1.91. The Bertz CT molecular complexity index is 248. The molecule has 0 spiro atoms. The summed E-state index contributed by atoms with van der Waals surface area (Å²) in [6.45, 7) is 4.49. The van der Waals surface area contributed by atoms with Crippen LogP contribution in [0.15, 0.2) is 5.38 Å². The Kier molecular flexibility index (Phi) is 4.77. The smallest absolute Gasteiger partial charge is 0.103 e. The Labute approximate surface area is 87.4 Å². The van der Waals surface area contributed by atoms with Crippen molar-refractivity contribution in [3.05, 3.63) is 16.1 Å². The number of thioether (sulfide) groups is 1. The number of hydrogen-bond acceptors (Lipinski definition) is 4. The highest BCUT2D eigenvalue weighted by atomic mass is 32.2. The van der Waals surface area contributed by atoms with Gasteiger partial charge >= 0.3 is 0 Å². The molecule has 0 aliphatic rings. The standard InChI is InChI=1S/C9H15NOS2/c1-7(2)4-12-6-9-10-8(3-11)5-13-9/h5,7,11H,3-4,6H2,1-2H3. The predicted molar refractivity (Wildman–Crippen MR) is 59.0 cm³/mol. The molecular weight excluding hydrogens is 202 g/mol. The third kappa shape index (κ3) is 4.11. The van der Waals surface area contributed by atoms with Crippen LogP contribution in [0, 0.1) is 5.92 Å². The molecule has 0 aliphatic heterocycles. The molecule has 0 bridgehead atoms. The van der Waals surface area contributed by atoms with E-state index in [1.165, 1.54) is 5.75 Å². The van der Waals surface area contributed by atoms with E-state index in [-0.39, 0.29) is 6.61 Å². The van der Waals surface area contributed by atoms with E-state index < -0.39 is 0 Å². The molecule has 1 heterocycles. The normalized spacial score (nSPS) is 11.1. The van der Waals surface area contributed by atoms with E-state index in [0.29, 0.717) is 0 Å². The van der Waals surface area contributed by atoms with E-state index in [4.69, 9.17) is 5.11 Å². The summed E-state index contributed by atoms with van der Waals surface area (Å²) < 4.78 is 0. The Balaban J connectivity index is 2.28. The fourth-order valence-corrected chi connectivity index (χ4v) is 2.79. The first-order valence-corrected chi connectivity index (χ1v) is 6.37. The molecule has 4 heteroatoms. The molecule has 0 amide bonds. The van der Waals surface area contributed by atoms with Crippen molar-refractivity contribution in [1.82, 2.24) is 4.98 Å². The fraction of sp³-hybridized carbons (Fsp3) is 0.667. The van der Waals surface area contributed by atoms with Crippen LogP contribution in [0.3, 0.4) is 0 Å². The van der Waals surface area contributed by atoms with Crippen LogP contribution in [0.4, 0.5) is 0 Å². The molecule has 0 unspecified atom stereocenters. The summed E-state index contributed by atoms with van der Waals surface area (Å²) in [6.07, 6.45) is 0. The van der Waals surface area contributed by atoms with Gasteiger partial charge in [0, 0.05) is 11.1 Å². The quantitative estimate of drug-likeness (QED) is 0.822. The maximum absolute atomic E-state index is 8.80. The molecule has 2 nitrogen and oxygen atoms in total. The van der Waals surface area contributed by atoms with E-state index in [0.717, 1.165) is 22.4 Å². The number of thiazole rings is 1. The first-order chi connectivity index (χ1) is 6.22. The minimum absolute atomic E-state index is 0.0609. The van der Waals surface area contributed by atoms with Gasteiger partial charge in [-0.3, -0.25) is 0 Å². The second-order valence-corrected chi connectivity index (χ2v) is 5.27. The molecule has 1 rings (SSSR count). The molecule has 1 aromatic heterocycles. The molecule has 1 N–H and O–H groups in total. The third-order valence-corrected chi connectivity index (χ3v) is 3.90. The first kappa shape index (κ1) is 11.0. The van der Waals surface area contributed by atoms with Gasteiger partial charge in [-0.2, -0.15) is 11.8 Å². The van der Waals surface area contributed by atoms with Crippen molar-refractivity contribution in [2.24, 2.45) is 5.92 Å². The average molecular weight is 217 g/mol. The zero-order valence-corrected chi connectivity index (χ0v) is 9.62. The van der Waals surface area contributed by atoms with Gasteiger partial charge in [0.05, 0.1) is 12.3 Å². The molecule has 0 saturated heterocycles. The van der Waals surface area contributed by atoms with Crippen LogP contribution in [0.25, 0.3) is 0 Å². The summed E-state index contributed by atoms with van der Waals surface area (Å²) in [7, 11) is 0. The monoisotopic (exact) mass is 217 g/mol. The van der Waals surface area contributed by atoms with Gasteiger partial charge in [-0.25, -0.2) is 4.98 Å².